The summed E-state index contributed by atoms with van der Waals surface area (Å²) in [5, 5.41) is 2.81. The number of hydrogen-bond donors (Lipinski definition) is 1. The van der Waals surface area contributed by atoms with E-state index in [4.69, 9.17) is 4.74 Å². The van der Waals surface area contributed by atoms with Gasteiger partial charge in [-0.1, -0.05) is 26.8 Å². The average Bonchev–Trinajstić information content (AvgIpc) is 2.73. The smallest absolute Gasteiger partial charge is 0.262 e. The lowest BCUT2D eigenvalue weighted by atomic mass is 9.87. The summed E-state index contributed by atoms with van der Waals surface area (Å²) in [6, 6.07) is 12.9. The van der Waals surface area contributed by atoms with Gasteiger partial charge in [-0.05, 0) is 82.6 Å². The van der Waals surface area contributed by atoms with Crippen LogP contribution < -0.4 is 10.1 Å². The quantitative estimate of drug-likeness (QED) is 0.634. The molecule has 0 spiro atoms. The van der Waals surface area contributed by atoms with Crippen LogP contribution in [0, 0.1) is 0 Å². The van der Waals surface area contributed by atoms with Gasteiger partial charge in [-0.3, -0.25) is 9.59 Å². The summed E-state index contributed by atoms with van der Waals surface area (Å²) in [6.45, 7) is 7.99. The van der Waals surface area contributed by atoms with Gasteiger partial charge < -0.3 is 15.0 Å². The Labute approximate surface area is 186 Å². The number of carbonyl (C=O) groups excluding carboxylic acids is 2. The van der Waals surface area contributed by atoms with Crippen molar-refractivity contribution >= 4 is 33.4 Å². The van der Waals surface area contributed by atoms with Gasteiger partial charge in [0.2, 0.25) is 0 Å². The first-order valence-electron chi connectivity index (χ1n) is 10.4. The van der Waals surface area contributed by atoms with Gasteiger partial charge in [0.25, 0.3) is 11.8 Å². The topological polar surface area (TPSA) is 58.6 Å². The second-order valence-electron chi connectivity index (χ2n) is 8.66. The molecule has 0 aliphatic carbocycles. The normalized spacial score (nSPS) is 14.3. The zero-order chi connectivity index (χ0) is 21.7. The summed E-state index contributed by atoms with van der Waals surface area (Å²) >= 11 is 3.52. The van der Waals surface area contributed by atoms with Crippen LogP contribution in [0.4, 0.5) is 5.69 Å². The van der Waals surface area contributed by atoms with Crippen LogP contribution in [0.25, 0.3) is 0 Å². The van der Waals surface area contributed by atoms with Gasteiger partial charge in [-0.2, -0.15) is 0 Å². The molecule has 160 valence electrons. The molecular weight excluding hydrogens is 444 g/mol. The molecule has 1 saturated heterocycles. The molecule has 0 radical (unpaired) electrons. The average molecular weight is 473 g/mol. The van der Waals surface area contributed by atoms with E-state index in [1.54, 1.807) is 24.3 Å². The van der Waals surface area contributed by atoms with E-state index in [2.05, 4.69) is 42.0 Å². The number of rotatable bonds is 5. The summed E-state index contributed by atoms with van der Waals surface area (Å²) in [6.07, 6.45) is 3.32. The van der Waals surface area contributed by atoms with Crippen LogP contribution in [0.2, 0.25) is 0 Å². The predicted molar refractivity (Wildman–Crippen MR) is 123 cm³/mol. The van der Waals surface area contributed by atoms with Crippen LogP contribution >= 0.6 is 15.9 Å². The number of benzene rings is 2. The van der Waals surface area contributed by atoms with Gasteiger partial charge in [0, 0.05) is 24.3 Å². The number of likely N-dealkylation sites (tertiary alicyclic amines) is 1. The molecule has 0 saturated carbocycles. The Bertz CT molecular complexity index is 898. The van der Waals surface area contributed by atoms with E-state index in [1.165, 1.54) is 12.0 Å². The Morgan fingerprint density at radius 3 is 2.30 bits per heavy atom. The van der Waals surface area contributed by atoms with Crippen molar-refractivity contribution in [3.63, 3.8) is 0 Å². The number of amides is 2. The van der Waals surface area contributed by atoms with E-state index in [0.717, 1.165) is 30.4 Å². The number of nitrogens with zero attached hydrogens (tertiary/aromatic N) is 1. The van der Waals surface area contributed by atoms with Gasteiger partial charge in [-0.25, -0.2) is 0 Å². The molecule has 6 heteroatoms. The second kappa shape index (κ2) is 9.65. The molecule has 1 heterocycles. The summed E-state index contributed by atoms with van der Waals surface area (Å²) in [5.41, 5.74) is 2.51. The summed E-state index contributed by atoms with van der Waals surface area (Å²) < 4.78 is 6.48. The van der Waals surface area contributed by atoms with Crippen LogP contribution in [0.15, 0.2) is 46.9 Å². The van der Waals surface area contributed by atoms with Crippen LogP contribution in [-0.4, -0.2) is 36.4 Å². The molecule has 2 amide bonds. The van der Waals surface area contributed by atoms with Crippen molar-refractivity contribution < 1.29 is 14.3 Å². The first kappa shape index (κ1) is 22.3. The fourth-order valence-corrected chi connectivity index (χ4v) is 3.89. The molecule has 1 N–H and O–H groups in total. The van der Waals surface area contributed by atoms with E-state index in [-0.39, 0.29) is 23.8 Å². The van der Waals surface area contributed by atoms with Crippen molar-refractivity contribution in [2.75, 3.05) is 25.0 Å². The highest BCUT2D eigenvalue weighted by atomic mass is 79.9. The minimum atomic E-state index is -0.253. The van der Waals surface area contributed by atoms with E-state index in [1.807, 2.05) is 23.1 Å². The Hall–Kier alpha value is -2.34. The van der Waals surface area contributed by atoms with Crippen LogP contribution in [0.1, 0.15) is 56.0 Å². The third-order valence-electron chi connectivity index (χ3n) is 5.22. The van der Waals surface area contributed by atoms with Crippen molar-refractivity contribution in [3.05, 3.63) is 58.1 Å². The molecule has 30 heavy (non-hydrogen) atoms. The van der Waals surface area contributed by atoms with Crippen molar-refractivity contribution in [1.29, 1.82) is 0 Å². The summed E-state index contributed by atoms with van der Waals surface area (Å²) in [7, 11) is 0. The highest BCUT2D eigenvalue weighted by Gasteiger charge is 2.18. The Morgan fingerprint density at radius 1 is 1.03 bits per heavy atom. The highest BCUT2D eigenvalue weighted by Crippen LogP contribution is 2.31. The van der Waals surface area contributed by atoms with Crippen LogP contribution in [0.3, 0.4) is 0 Å². The van der Waals surface area contributed by atoms with Gasteiger partial charge in [-0.15, -0.1) is 0 Å². The lowest BCUT2D eigenvalue weighted by Gasteiger charge is -2.26. The fourth-order valence-electron chi connectivity index (χ4n) is 3.40. The molecular formula is C24H29BrN2O3. The standard InChI is InChI=1S/C24H29BrN2O3/c1-24(2,3)18-9-12-21(20(25)15-18)30-16-22(28)26-19-10-7-17(8-11-19)23(29)27-13-5-4-6-14-27/h7-12,15H,4-6,13-14,16H2,1-3H3,(H,26,28). The molecule has 0 atom stereocenters. The third kappa shape index (κ3) is 5.85. The van der Waals surface area contributed by atoms with Gasteiger partial charge in [0.15, 0.2) is 6.61 Å². The maximum atomic E-state index is 12.5. The summed E-state index contributed by atoms with van der Waals surface area (Å²) in [5.74, 6) is 0.428. The molecule has 1 fully saturated rings. The van der Waals surface area contributed by atoms with Crippen molar-refractivity contribution in [2.45, 2.75) is 45.4 Å². The monoisotopic (exact) mass is 472 g/mol. The zero-order valence-corrected chi connectivity index (χ0v) is 19.4. The van der Waals surface area contributed by atoms with Gasteiger partial charge in [0.05, 0.1) is 4.47 Å². The number of piperidine rings is 1. The minimum Gasteiger partial charge on any atom is -0.483 e. The fraction of sp³-hybridized carbons (Fsp3) is 0.417. The maximum Gasteiger partial charge on any atom is 0.262 e. The molecule has 2 aromatic rings. The van der Waals surface area contributed by atoms with Crippen LogP contribution in [0.5, 0.6) is 5.75 Å². The molecule has 1 aliphatic rings. The largest absolute Gasteiger partial charge is 0.483 e. The van der Waals surface area contributed by atoms with E-state index >= 15 is 0 Å². The van der Waals surface area contributed by atoms with Crippen molar-refractivity contribution in [2.24, 2.45) is 0 Å². The van der Waals surface area contributed by atoms with Crippen LogP contribution in [-0.2, 0) is 10.2 Å². The second-order valence-corrected chi connectivity index (χ2v) is 9.52. The molecule has 5 nitrogen and oxygen atoms in total. The molecule has 2 aromatic carbocycles. The van der Waals surface area contributed by atoms with Crippen molar-refractivity contribution in [1.82, 2.24) is 4.90 Å². The van der Waals surface area contributed by atoms with E-state index in [9.17, 15) is 9.59 Å². The number of nitrogens with one attached hydrogen (secondary N) is 1. The SMILES string of the molecule is CC(C)(C)c1ccc(OCC(=O)Nc2ccc(C(=O)N3CCCCC3)cc2)c(Br)c1. The van der Waals surface area contributed by atoms with Gasteiger partial charge in [0.1, 0.15) is 5.75 Å². The number of ether oxygens (including phenoxy) is 1. The third-order valence-corrected chi connectivity index (χ3v) is 5.84. The first-order valence-corrected chi connectivity index (χ1v) is 11.2. The molecule has 1 aliphatic heterocycles. The minimum absolute atomic E-state index is 0.0416. The Kier molecular flexibility index (Phi) is 7.19. The number of carbonyl (C=O) groups is 2. The molecule has 0 aromatic heterocycles. The number of anilines is 1. The van der Waals surface area contributed by atoms with Gasteiger partial charge >= 0.3 is 0 Å². The lowest BCUT2D eigenvalue weighted by molar-refractivity contribution is -0.118. The van der Waals surface area contributed by atoms with E-state index in [0.29, 0.717) is 17.0 Å². The zero-order valence-electron chi connectivity index (χ0n) is 17.8. The Balaban J connectivity index is 1.53. The molecule has 3 rings (SSSR count). The van der Waals surface area contributed by atoms with Crippen molar-refractivity contribution in [3.8, 4) is 5.75 Å². The number of halogens is 1. The summed E-state index contributed by atoms with van der Waals surface area (Å²) in [4.78, 5) is 26.7. The maximum absolute atomic E-state index is 12.5. The van der Waals surface area contributed by atoms with E-state index < -0.39 is 0 Å². The predicted octanol–water partition coefficient (Wildman–Crippen LogP) is 5.39. The highest BCUT2D eigenvalue weighted by molar-refractivity contribution is 9.10. The molecule has 0 unspecified atom stereocenters. The first-order chi connectivity index (χ1) is 14.2. The lowest BCUT2D eigenvalue weighted by Crippen LogP contribution is -2.35. The number of hydrogen-bond acceptors (Lipinski definition) is 3. The Morgan fingerprint density at radius 2 is 1.70 bits per heavy atom. The molecule has 0 bridgehead atoms.